The van der Waals surface area contributed by atoms with Crippen LogP contribution in [0.4, 0.5) is 0 Å². The van der Waals surface area contributed by atoms with Gasteiger partial charge in [-0.15, -0.1) is 0 Å². The molecule has 0 aliphatic heterocycles. The van der Waals surface area contributed by atoms with Gasteiger partial charge in [-0.2, -0.15) is 0 Å². The Balaban J connectivity index is 2.68. The average molecular weight is 185 g/mol. The van der Waals surface area contributed by atoms with Crippen molar-refractivity contribution < 1.29 is 4.52 Å². The van der Waals surface area contributed by atoms with Gasteiger partial charge in [0, 0.05) is 12.1 Å². The predicted octanol–water partition coefficient (Wildman–Crippen LogP) is 0.625. The molecule has 0 fully saturated rings. The first-order valence-corrected chi connectivity index (χ1v) is 3.97. The van der Waals surface area contributed by atoms with Gasteiger partial charge in [0.25, 0.3) is 0 Å². The van der Waals surface area contributed by atoms with Gasteiger partial charge in [-0.25, -0.2) is 0 Å². The summed E-state index contributed by atoms with van der Waals surface area (Å²) in [6.07, 6.45) is 0. The van der Waals surface area contributed by atoms with E-state index in [1.165, 1.54) is 0 Å². The van der Waals surface area contributed by atoms with Gasteiger partial charge in [0.1, 0.15) is 5.76 Å². The van der Waals surface area contributed by atoms with Crippen molar-refractivity contribution in [3.63, 3.8) is 0 Å². The second-order valence-electron chi connectivity index (χ2n) is 2.52. The molecule has 0 bridgehead atoms. The minimum Gasteiger partial charge on any atom is -0.376 e. The highest BCUT2D eigenvalue weighted by atomic mass is 32.1. The molecule has 4 nitrogen and oxygen atoms in total. The summed E-state index contributed by atoms with van der Waals surface area (Å²) in [6.45, 7) is 4.32. The van der Waals surface area contributed by atoms with Crippen LogP contribution in [0.25, 0.3) is 0 Å². The molecule has 12 heavy (non-hydrogen) atoms. The number of nitrogens with one attached hydrogen (secondary N) is 1. The molecule has 0 amide bonds. The molecule has 1 aromatic rings. The van der Waals surface area contributed by atoms with Gasteiger partial charge in [0.15, 0.2) is 5.11 Å². The normalized spacial score (nSPS) is 9.83. The van der Waals surface area contributed by atoms with E-state index in [4.69, 9.17) is 10.3 Å². The van der Waals surface area contributed by atoms with Crippen LogP contribution in [0.1, 0.15) is 17.0 Å². The Kier molecular flexibility index (Phi) is 2.65. The van der Waals surface area contributed by atoms with Crippen molar-refractivity contribution in [3.05, 3.63) is 17.0 Å². The summed E-state index contributed by atoms with van der Waals surface area (Å²) in [5.41, 5.74) is 7.17. The van der Waals surface area contributed by atoms with E-state index in [0.717, 1.165) is 17.0 Å². The Bertz CT molecular complexity index is 275. The number of nitrogens with zero attached hydrogens (tertiary/aromatic N) is 1. The van der Waals surface area contributed by atoms with Crippen LogP contribution in [0.15, 0.2) is 4.52 Å². The Morgan fingerprint density at radius 3 is 2.75 bits per heavy atom. The van der Waals surface area contributed by atoms with Gasteiger partial charge in [0.05, 0.1) is 5.69 Å². The van der Waals surface area contributed by atoms with E-state index in [9.17, 15) is 0 Å². The van der Waals surface area contributed by atoms with Crippen LogP contribution in [0.5, 0.6) is 0 Å². The van der Waals surface area contributed by atoms with Crippen LogP contribution in [0.3, 0.4) is 0 Å². The largest absolute Gasteiger partial charge is 0.376 e. The molecular formula is C7H11N3OS. The van der Waals surface area contributed by atoms with Gasteiger partial charge < -0.3 is 15.6 Å². The molecule has 5 heteroatoms. The molecule has 3 N–H and O–H groups in total. The summed E-state index contributed by atoms with van der Waals surface area (Å²) in [5, 5.41) is 6.92. The smallest absolute Gasteiger partial charge is 0.163 e. The average Bonchev–Trinajstić information content (AvgIpc) is 2.28. The Hall–Kier alpha value is -1.10. The van der Waals surface area contributed by atoms with Gasteiger partial charge in [-0.1, -0.05) is 5.16 Å². The first kappa shape index (κ1) is 8.99. The van der Waals surface area contributed by atoms with Crippen molar-refractivity contribution in [1.82, 2.24) is 10.5 Å². The first-order valence-electron chi connectivity index (χ1n) is 3.56. The van der Waals surface area contributed by atoms with Crippen molar-refractivity contribution in [2.75, 3.05) is 0 Å². The molecule has 1 heterocycles. The Morgan fingerprint density at radius 1 is 1.67 bits per heavy atom. The molecule has 1 rings (SSSR count). The minimum absolute atomic E-state index is 0.287. The maximum absolute atomic E-state index is 5.28. The molecule has 0 radical (unpaired) electrons. The van der Waals surface area contributed by atoms with E-state index >= 15 is 0 Å². The standard InChI is InChI=1S/C7H11N3OS/c1-4-6(3-9-7(8)12)5(2)11-10-4/h3H2,1-2H3,(H3,8,9,12). The molecule has 0 spiro atoms. The fraction of sp³-hybridized carbons (Fsp3) is 0.429. The fourth-order valence-electron chi connectivity index (χ4n) is 0.930. The molecule has 0 aliphatic rings. The van der Waals surface area contributed by atoms with Crippen LogP contribution in [-0.4, -0.2) is 10.3 Å². The Labute approximate surface area is 76.1 Å². The molecule has 1 aromatic heterocycles. The number of hydrogen-bond acceptors (Lipinski definition) is 3. The molecular weight excluding hydrogens is 174 g/mol. The van der Waals surface area contributed by atoms with E-state index in [1.54, 1.807) is 0 Å². The van der Waals surface area contributed by atoms with Gasteiger partial charge in [-0.05, 0) is 26.1 Å². The molecule has 0 saturated heterocycles. The molecule has 0 atom stereocenters. The fourth-order valence-corrected chi connectivity index (χ4v) is 1.00. The second-order valence-corrected chi connectivity index (χ2v) is 2.96. The Morgan fingerprint density at radius 2 is 2.33 bits per heavy atom. The number of rotatable bonds is 2. The van der Waals surface area contributed by atoms with Gasteiger partial charge in [0.2, 0.25) is 0 Å². The third kappa shape index (κ3) is 1.94. The van der Waals surface area contributed by atoms with Crippen LogP contribution >= 0.6 is 12.2 Å². The van der Waals surface area contributed by atoms with Crippen molar-refractivity contribution in [2.24, 2.45) is 5.73 Å². The first-order chi connectivity index (χ1) is 5.61. The number of thiocarbonyl (C=S) groups is 1. The monoisotopic (exact) mass is 185 g/mol. The van der Waals surface area contributed by atoms with Crippen molar-refractivity contribution in [3.8, 4) is 0 Å². The number of aryl methyl sites for hydroxylation is 2. The molecule has 66 valence electrons. The topological polar surface area (TPSA) is 64.1 Å². The number of aromatic nitrogens is 1. The zero-order chi connectivity index (χ0) is 9.14. The van der Waals surface area contributed by atoms with E-state index < -0.39 is 0 Å². The zero-order valence-electron chi connectivity index (χ0n) is 7.05. The lowest BCUT2D eigenvalue weighted by molar-refractivity contribution is 0.392. The van der Waals surface area contributed by atoms with Crippen LogP contribution < -0.4 is 11.1 Å². The quantitative estimate of drug-likeness (QED) is 0.661. The molecule has 0 aromatic carbocycles. The lowest BCUT2D eigenvalue weighted by atomic mass is 10.2. The maximum Gasteiger partial charge on any atom is 0.163 e. The van der Waals surface area contributed by atoms with Crippen LogP contribution in [-0.2, 0) is 6.54 Å². The minimum atomic E-state index is 0.287. The van der Waals surface area contributed by atoms with Crippen molar-refractivity contribution in [1.29, 1.82) is 0 Å². The van der Waals surface area contributed by atoms with Crippen LogP contribution in [0.2, 0.25) is 0 Å². The lowest BCUT2D eigenvalue weighted by Gasteiger charge is -2.01. The molecule has 0 saturated carbocycles. The zero-order valence-corrected chi connectivity index (χ0v) is 7.86. The van der Waals surface area contributed by atoms with Crippen molar-refractivity contribution >= 4 is 17.3 Å². The second kappa shape index (κ2) is 3.53. The SMILES string of the molecule is Cc1noc(C)c1CNC(N)=S. The summed E-state index contributed by atoms with van der Waals surface area (Å²) in [5.74, 6) is 0.802. The molecule has 0 unspecified atom stereocenters. The highest BCUT2D eigenvalue weighted by molar-refractivity contribution is 7.80. The summed E-state index contributed by atoms with van der Waals surface area (Å²) >= 11 is 4.67. The third-order valence-corrected chi connectivity index (χ3v) is 1.76. The third-order valence-electron chi connectivity index (χ3n) is 1.62. The predicted molar refractivity (Wildman–Crippen MR) is 49.6 cm³/mol. The summed E-state index contributed by atoms with van der Waals surface area (Å²) in [7, 11) is 0. The van der Waals surface area contributed by atoms with E-state index in [2.05, 4.69) is 22.7 Å². The number of nitrogens with two attached hydrogens (primary N) is 1. The van der Waals surface area contributed by atoms with E-state index in [0.29, 0.717) is 6.54 Å². The van der Waals surface area contributed by atoms with E-state index in [-0.39, 0.29) is 5.11 Å². The number of hydrogen-bond donors (Lipinski definition) is 2. The van der Waals surface area contributed by atoms with Gasteiger partial charge in [-0.3, -0.25) is 0 Å². The lowest BCUT2D eigenvalue weighted by Crippen LogP contribution is -2.28. The van der Waals surface area contributed by atoms with E-state index in [1.807, 2.05) is 13.8 Å². The highest BCUT2D eigenvalue weighted by Crippen LogP contribution is 2.10. The van der Waals surface area contributed by atoms with Gasteiger partial charge >= 0.3 is 0 Å². The summed E-state index contributed by atoms with van der Waals surface area (Å²) < 4.78 is 4.95. The van der Waals surface area contributed by atoms with Crippen LogP contribution in [0, 0.1) is 13.8 Å². The summed E-state index contributed by atoms with van der Waals surface area (Å²) in [6, 6.07) is 0. The summed E-state index contributed by atoms with van der Waals surface area (Å²) in [4.78, 5) is 0. The highest BCUT2D eigenvalue weighted by Gasteiger charge is 2.07. The maximum atomic E-state index is 5.28. The molecule has 0 aliphatic carbocycles. The van der Waals surface area contributed by atoms with Crippen molar-refractivity contribution in [2.45, 2.75) is 20.4 Å².